The maximum Gasteiger partial charge on any atom is 0.270 e. The van der Waals surface area contributed by atoms with Crippen molar-refractivity contribution in [2.24, 2.45) is 0 Å². The summed E-state index contributed by atoms with van der Waals surface area (Å²) in [6.45, 7) is 1.53. The quantitative estimate of drug-likeness (QED) is 0.286. The predicted molar refractivity (Wildman–Crippen MR) is 132 cm³/mol. The van der Waals surface area contributed by atoms with Crippen LogP contribution in [0, 0.1) is 0 Å². The molecule has 1 aliphatic rings. The molecule has 4 heterocycles. The third-order valence-corrected chi connectivity index (χ3v) is 7.46. The first-order chi connectivity index (χ1) is 16.7. The highest BCUT2D eigenvalue weighted by atomic mass is 32.2. The molecule has 4 aromatic rings. The zero-order valence-corrected chi connectivity index (χ0v) is 20.2. The Morgan fingerprint density at radius 1 is 1.15 bits per heavy atom. The van der Waals surface area contributed by atoms with E-state index in [2.05, 4.69) is 15.2 Å². The lowest BCUT2D eigenvalue weighted by atomic mass is 10.2. The summed E-state index contributed by atoms with van der Waals surface area (Å²) in [5.74, 6) is 1.39. The smallest absolute Gasteiger partial charge is 0.270 e. The minimum Gasteiger partial charge on any atom is -0.495 e. The number of hydrogen-bond acceptors (Lipinski definition) is 7. The van der Waals surface area contributed by atoms with Gasteiger partial charge in [-0.05, 0) is 42.5 Å². The molecule has 0 aliphatic carbocycles. The van der Waals surface area contributed by atoms with Gasteiger partial charge in [0.25, 0.3) is 5.91 Å². The number of nitrogens with one attached hydrogen (secondary N) is 1. The summed E-state index contributed by atoms with van der Waals surface area (Å²) < 4.78 is 7.49. The molecule has 1 fully saturated rings. The Kier molecular flexibility index (Phi) is 6.50. The van der Waals surface area contributed by atoms with E-state index in [1.54, 1.807) is 30.7 Å². The average Bonchev–Trinajstić information content (AvgIpc) is 3.68. The number of benzene rings is 1. The van der Waals surface area contributed by atoms with Gasteiger partial charge < -0.3 is 14.6 Å². The Balaban J connectivity index is 1.38. The standard InChI is InChI=1S/C24H23N5O3S2/c1-32-20-8-3-2-7-18(20)29-22(21-9-6-12-33-21)26-27-24(29)34-15-19(30)16-13-17(25-14-16)23(31)28-10-4-5-11-28/h2-3,6-9,12-14,25H,4-5,10-11,15H2,1H3. The highest BCUT2D eigenvalue weighted by Crippen LogP contribution is 2.34. The second kappa shape index (κ2) is 9.86. The number of methoxy groups -OCH3 is 1. The number of likely N-dealkylation sites (tertiary alicyclic amines) is 1. The number of aromatic nitrogens is 4. The van der Waals surface area contributed by atoms with Gasteiger partial charge in [0.15, 0.2) is 16.8 Å². The number of Topliss-reactive ketones (excluding diaryl/α,β-unsaturated/α-hetero) is 1. The molecule has 8 nitrogen and oxygen atoms in total. The van der Waals surface area contributed by atoms with Gasteiger partial charge in [-0.2, -0.15) is 0 Å². The van der Waals surface area contributed by atoms with E-state index in [0.717, 1.165) is 36.5 Å². The van der Waals surface area contributed by atoms with Crippen LogP contribution in [0.4, 0.5) is 0 Å². The molecular weight excluding hydrogens is 470 g/mol. The van der Waals surface area contributed by atoms with Crippen molar-refractivity contribution in [2.45, 2.75) is 18.0 Å². The highest BCUT2D eigenvalue weighted by Gasteiger charge is 2.23. The molecule has 0 saturated carbocycles. The molecule has 10 heteroatoms. The van der Waals surface area contributed by atoms with E-state index >= 15 is 0 Å². The Morgan fingerprint density at radius 2 is 1.97 bits per heavy atom. The fraction of sp³-hybridized carbons (Fsp3) is 0.250. The van der Waals surface area contributed by atoms with Crippen LogP contribution in [0.15, 0.2) is 59.2 Å². The van der Waals surface area contributed by atoms with Crippen molar-refractivity contribution in [3.8, 4) is 22.1 Å². The Bertz CT molecular complexity index is 1310. The zero-order valence-electron chi connectivity index (χ0n) is 18.6. The molecule has 174 valence electrons. The number of thiophene rings is 1. The molecule has 34 heavy (non-hydrogen) atoms. The van der Waals surface area contributed by atoms with E-state index in [1.807, 2.05) is 51.2 Å². The minimum absolute atomic E-state index is 0.0549. The second-order valence-electron chi connectivity index (χ2n) is 7.80. The van der Waals surface area contributed by atoms with Crippen LogP contribution in [0.5, 0.6) is 5.75 Å². The molecule has 1 aromatic carbocycles. The highest BCUT2D eigenvalue weighted by molar-refractivity contribution is 7.99. The fourth-order valence-electron chi connectivity index (χ4n) is 3.94. The van der Waals surface area contributed by atoms with Crippen molar-refractivity contribution in [3.05, 3.63) is 65.3 Å². The van der Waals surface area contributed by atoms with E-state index < -0.39 is 0 Å². The fourth-order valence-corrected chi connectivity index (χ4v) is 5.48. The number of rotatable bonds is 8. The third kappa shape index (κ3) is 4.38. The normalized spacial score (nSPS) is 13.4. The van der Waals surface area contributed by atoms with E-state index in [9.17, 15) is 9.59 Å². The number of nitrogens with zero attached hydrogens (tertiary/aromatic N) is 4. The van der Waals surface area contributed by atoms with Crippen LogP contribution in [-0.2, 0) is 0 Å². The van der Waals surface area contributed by atoms with Crippen molar-refractivity contribution >= 4 is 34.8 Å². The summed E-state index contributed by atoms with van der Waals surface area (Å²) in [6.07, 6.45) is 3.65. The Labute approximate surface area is 205 Å². The number of aromatic amines is 1. The molecule has 0 spiro atoms. The Hall–Kier alpha value is -3.37. The lowest BCUT2D eigenvalue weighted by Crippen LogP contribution is -2.27. The topological polar surface area (TPSA) is 93.1 Å². The van der Waals surface area contributed by atoms with Gasteiger partial charge in [-0.1, -0.05) is 30.0 Å². The lowest BCUT2D eigenvalue weighted by Gasteiger charge is -2.13. The molecule has 5 rings (SSSR count). The number of amides is 1. The first-order valence-electron chi connectivity index (χ1n) is 10.9. The number of carbonyl (C=O) groups excluding carboxylic acids is 2. The number of carbonyl (C=O) groups is 2. The number of H-pyrrole nitrogens is 1. The van der Waals surface area contributed by atoms with Gasteiger partial charge in [0.1, 0.15) is 11.4 Å². The minimum atomic E-state index is -0.0889. The maximum atomic E-state index is 12.9. The van der Waals surface area contributed by atoms with E-state index in [0.29, 0.717) is 28.0 Å². The number of ether oxygens (including phenoxy) is 1. The molecule has 0 bridgehead atoms. The molecule has 1 aliphatic heterocycles. The summed E-state index contributed by atoms with van der Waals surface area (Å²) in [6, 6.07) is 13.2. The van der Waals surface area contributed by atoms with E-state index in [-0.39, 0.29) is 17.4 Å². The molecule has 0 radical (unpaired) electrons. The molecule has 0 unspecified atom stereocenters. The third-order valence-electron chi connectivity index (χ3n) is 5.66. The zero-order chi connectivity index (χ0) is 23.5. The van der Waals surface area contributed by atoms with Gasteiger partial charge in [0, 0.05) is 24.8 Å². The second-order valence-corrected chi connectivity index (χ2v) is 9.69. The molecule has 1 amide bonds. The number of hydrogen-bond donors (Lipinski definition) is 1. The van der Waals surface area contributed by atoms with Gasteiger partial charge >= 0.3 is 0 Å². The SMILES string of the molecule is COc1ccccc1-n1c(SCC(=O)c2c[nH]c(C(=O)N3CCCC3)c2)nnc1-c1cccs1. The summed E-state index contributed by atoms with van der Waals surface area (Å²) in [5.41, 5.74) is 1.73. The van der Waals surface area contributed by atoms with E-state index in [4.69, 9.17) is 4.74 Å². The van der Waals surface area contributed by atoms with Crippen molar-refractivity contribution in [3.63, 3.8) is 0 Å². The molecule has 1 saturated heterocycles. The summed E-state index contributed by atoms with van der Waals surface area (Å²) in [7, 11) is 1.62. The van der Waals surface area contributed by atoms with Crippen LogP contribution in [0.1, 0.15) is 33.7 Å². The first-order valence-corrected chi connectivity index (χ1v) is 12.8. The van der Waals surface area contributed by atoms with Crippen LogP contribution in [-0.4, -0.2) is 62.3 Å². The van der Waals surface area contributed by atoms with Crippen molar-refractivity contribution in [1.29, 1.82) is 0 Å². The van der Waals surface area contributed by atoms with Gasteiger partial charge in [-0.25, -0.2) is 0 Å². The predicted octanol–water partition coefficient (Wildman–Crippen LogP) is 4.54. The summed E-state index contributed by atoms with van der Waals surface area (Å²) in [5, 5.41) is 11.4. The van der Waals surface area contributed by atoms with Crippen LogP contribution in [0.2, 0.25) is 0 Å². The number of thioether (sulfide) groups is 1. The van der Waals surface area contributed by atoms with Crippen molar-refractivity contribution < 1.29 is 14.3 Å². The van der Waals surface area contributed by atoms with E-state index in [1.165, 1.54) is 11.8 Å². The Morgan fingerprint density at radius 3 is 2.74 bits per heavy atom. The number of ketones is 1. The van der Waals surface area contributed by atoms with Gasteiger partial charge in [-0.15, -0.1) is 21.5 Å². The van der Waals surface area contributed by atoms with Crippen molar-refractivity contribution in [2.75, 3.05) is 26.0 Å². The largest absolute Gasteiger partial charge is 0.495 e. The van der Waals surface area contributed by atoms with Gasteiger partial charge in [-0.3, -0.25) is 14.2 Å². The van der Waals surface area contributed by atoms with Crippen LogP contribution in [0.25, 0.3) is 16.4 Å². The maximum absolute atomic E-state index is 12.9. The molecule has 0 atom stereocenters. The van der Waals surface area contributed by atoms with Crippen LogP contribution < -0.4 is 4.74 Å². The monoisotopic (exact) mass is 493 g/mol. The van der Waals surface area contributed by atoms with Crippen LogP contribution >= 0.6 is 23.1 Å². The number of para-hydroxylation sites is 2. The summed E-state index contributed by atoms with van der Waals surface area (Å²) in [4.78, 5) is 31.3. The summed E-state index contributed by atoms with van der Waals surface area (Å²) >= 11 is 2.87. The average molecular weight is 494 g/mol. The molecule has 1 N–H and O–H groups in total. The van der Waals surface area contributed by atoms with Gasteiger partial charge in [0.05, 0.1) is 23.4 Å². The molecular formula is C24H23N5O3S2. The molecule has 3 aromatic heterocycles. The van der Waals surface area contributed by atoms with Crippen LogP contribution in [0.3, 0.4) is 0 Å². The lowest BCUT2D eigenvalue weighted by molar-refractivity contribution is 0.0787. The first kappa shape index (κ1) is 22.4. The van der Waals surface area contributed by atoms with Crippen molar-refractivity contribution in [1.82, 2.24) is 24.6 Å². The van der Waals surface area contributed by atoms with Gasteiger partial charge in [0.2, 0.25) is 0 Å².